The number of thioether (sulfide) groups is 1. The lowest BCUT2D eigenvalue weighted by molar-refractivity contribution is -0.129. The molecule has 0 radical (unpaired) electrons. The lowest BCUT2D eigenvalue weighted by Crippen LogP contribution is -2.38. The molecule has 2 aromatic rings. The molecule has 2 atom stereocenters. The summed E-state index contributed by atoms with van der Waals surface area (Å²) in [5, 5.41) is 3.12. The first-order valence-corrected chi connectivity index (χ1v) is 11.9. The van der Waals surface area contributed by atoms with Crippen LogP contribution in [0.1, 0.15) is 19.3 Å². The van der Waals surface area contributed by atoms with Crippen LogP contribution >= 0.6 is 23.4 Å². The Morgan fingerprint density at radius 2 is 1.97 bits per heavy atom. The Hall–Kier alpha value is -2.69. The zero-order valence-corrected chi connectivity index (χ0v) is 19.5. The number of alkyl halides is 2. The van der Waals surface area contributed by atoms with Crippen LogP contribution in [-0.2, 0) is 14.3 Å². The quantitative estimate of drug-likeness (QED) is 0.536. The first kappa shape index (κ1) is 24.4. The van der Waals surface area contributed by atoms with E-state index in [1.54, 1.807) is 29.2 Å². The lowest BCUT2D eigenvalue weighted by Gasteiger charge is -2.20. The van der Waals surface area contributed by atoms with E-state index in [-0.39, 0.29) is 30.1 Å². The van der Waals surface area contributed by atoms with Crippen molar-refractivity contribution in [3.63, 3.8) is 0 Å². The van der Waals surface area contributed by atoms with E-state index in [9.17, 15) is 18.4 Å². The number of ether oxygens (including phenoxy) is 2. The molecule has 2 aliphatic heterocycles. The Kier molecular flexibility index (Phi) is 8.02. The molecule has 7 nitrogen and oxygen atoms in total. The average molecular weight is 510 g/mol. The van der Waals surface area contributed by atoms with E-state index >= 15 is 0 Å². The molecule has 2 aliphatic rings. The zero-order chi connectivity index (χ0) is 24.1. The number of anilines is 1. The van der Waals surface area contributed by atoms with Gasteiger partial charge in [0.25, 0.3) is 0 Å². The van der Waals surface area contributed by atoms with Gasteiger partial charge in [-0.05, 0) is 61.4 Å². The van der Waals surface area contributed by atoms with Crippen LogP contribution in [0.5, 0.6) is 5.75 Å². The Bertz CT molecular complexity index is 1050. The van der Waals surface area contributed by atoms with Crippen molar-refractivity contribution >= 4 is 51.7 Å². The molecule has 34 heavy (non-hydrogen) atoms. The van der Waals surface area contributed by atoms with E-state index in [0.717, 1.165) is 12.8 Å². The van der Waals surface area contributed by atoms with Gasteiger partial charge in [0.05, 0.1) is 18.3 Å². The van der Waals surface area contributed by atoms with E-state index in [1.165, 1.54) is 36.0 Å². The third-order valence-electron chi connectivity index (χ3n) is 5.22. The Morgan fingerprint density at radius 1 is 1.24 bits per heavy atom. The lowest BCUT2D eigenvalue weighted by atomic mass is 10.2. The van der Waals surface area contributed by atoms with Crippen molar-refractivity contribution in [1.82, 2.24) is 4.90 Å². The monoisotopic (exact) mass is 509 g/mol. The van der Waals surface area contributed by atoms with Crippen molar-refractivity contribution in [2.75, 3.05) is 18.5 Å². The summed E-state index contributed by atoms with van der Waals surface area (Å²) in [6.07, 6.45) is 1.63. The molecule has 2 saturated heterocycles. The number of amidine groups is 1. The van der Waals surface area contributed by atoms with Crippen molar-refractivity contribution < 1.29 is 27.8 Å². The average Bonchev–Trinajstić information content (AvgIpc) is 3.41. The van der Waals surface area contributed by atoms with Gasteiger partial charge in [-0.15, -0.1) is 0 Å². The number of benzene rings is 2. The van der Waals surface area contributed by atoms with E-state index in [1.807, 2.05) is 0 Å². The molecular formula is C23H22ClF2N3O4S. The second-order valence-corrected chi connectivity index (χ2v) is 9.32. The summed E-state index contributed by atoms with van der Waals surface area (Å²) < 4.78 is 34.8. The van der Waals surface area contributed by atoms with E-state index < -0.39 is 11.9 Å². The molecule has 11 heteroatoms. The normalized spacial score (nSPS) is 21.5. The van der Waals surface area contributed by atoms with Crippen LogP contribution in [0.3, 0.4) is 0 Å². The number of halogens is 3. The van der Waals surface area contributed by atoms with Crippen LogP contribution < -0.4 is 10.1 Å². The summed E-state index contributed by atoms with van der Waals surface area (Å²) in [6, 6.07) is 12.5. The minimum Gasteiger partial charge on any atom is -0.435 e. The van der Waals surface area contributed by atoms with Crippen LogP contribution in [0.15, 0.2) is 53.5 Å². The first-order chi connectivity index (χ1) is 16.4. The van der Waals surface area contributed by atoms with Crippen molar-refractivity contribution in [2.45, 2.75) is 37.2 Å². The number of nitrogens with one attached hydrogen (secondary N) is 1. The molecule has 4 rings (SSSR count). The van der Waals surface area contributed by atoms with Gasteiger partial charge in [-0.3, -0.25) is 14.5 Å². The van der Waals surface area contributed by atoms with Gasteiger partial charge >= 0.3 is 6.61 Å². The number of amides is 2. The molecule has 0 aromatic heterocycles. The molecule has 0 saturated carbocycles. The predicted molar refractivity (Wildman–Crippen MR) is 127 cm³/mol. The minimum atomic E-state index is -2.91. The number of aliphatic imine (C=N–C) groups is 1. The smallest absolute Gasteiger partial charge is 0.387 e. The summed E-state index contributed by atoms with van der Waals surface area (Å²) in [7, 11) is 0. The van der Waals surface area contributed by atoms with Crippen LogP contribution in [0.2, 0.25) is 5.02 Å². The molecule has 180 valence electrons. The highest BCUT2D eigenvalue weighted by Crippen LogP contribution is 2.33. The van der Waals surface area contributed by atoms with E-state index in [2.05, 4.69) is 15.0 Å². The summed E-state index contributed by atoms with van der Waals surface area (Å²) >= 11 is 7.07. The molecule has 2 amide bonds. The number of carbonyl (C=O) groups is 2. The highest BCUT2D eigenvalue weighted by atomic mass is 35.5. The van der Waals surface area contributed by atoms with Crippen molar-refractivity contribution in [3.8, 4) is 5.75 Å². The zero-order valence-electron chi connectivity index (χ0n) is 18.0. The highest BCUT2D eigenvalue weighted by Gasteiger charge is 2.40. The SMILES string of the molecule is O=C(C[C@H]1SC(=Nc2ccc(OC(F)F)cc2)N(C[C@H]2CCCO2)C1=O)Nc1ccc(Cl)cc1. The maximum Gasteiger partial charge on any atom is 0.387 e. The highest BCUT2D eigenvalue weighted by molar-refractivity contribution is 8.15. The fraction of sp³-hybridized carbons (Fsp3) is 0.348. The second kappa shape index (κ2) is 11.2. The maximum absolute atomic E-state index is 13.2. The fourth-order valence-corrected chi connectivity index (χ4v) is 4.90. The van der Waals surface area contributed by atoms with Crippen LogP contribution in [0.25, 0.3) is 0 Å². The van der Waals surface area contributed by atoms with Crippen molar-refractivity contribution in [2.24, 2.45) is 4.99 Å². The maximum atomic E-state index is 13.2. The molecule has 2 aromatic carbocycles. The van der Waals surface area contributed by atoms with Crippen LogP contribution in [0.4, 0.5) is 20.2 Å². The summed E-state index contributed by atoms with van der Waals surface area (Å²) in [5.41, 5.74) is 1.06. The predicted octanol–water partition coefficient (Wildman–Crippen LogP) is 5.08. The van der Waals surface area contributed by atoms with Gasteiger partial charge in [0.15, 0.2) is 5.17 Å². The molecular weight excluding hydrogens is 488 g/mol. The van der Waals surface area contributed by atoms with Crippen LogP contribution in [-0.4, -0.2) is 53.0 Å². The van der Waals surface area contributed by atoms with Gasteiger partial charge < -0.3 is 14.8 Å². The van der Waals surface area contributed by atoms with Gasteiger partial charge in [0, 0.05) is 23.7 Å². The van der Waals surface area contributed by atoms with Gasteiger partial charge in [-0.25, -0.2) is 4.99 Å². The Balaban J connectivity index is 1.48. The van der Waals surface area contributed by atoms with Gasteiger partial charge in [0.2, 0.25) is 11.8 Å². The van der Waals surface area contributed by atoms with Gasteiger partial charge in [-0.2, -0.15) is 8.78 Å². The standard InChI is InChI=1S/C23H22ClF2N3O4S/c24-14-3-5-15(6-4-14)27-20(30)12-19-21(31)29(13-18-2-1-11-32-18)23(34-19)28-16-7-9-17(10-8-16)33-22(25)26/h3-10,18-19,22H,1-2,11-13H2,(H,27,30)/t18-,19-/m1/s1. The van der Waals surface area contributed by atoms with Crippen molar-refractivity contribution in [1.29, 1.82) is 0 Å². The molecule has 0 unspecified atom stereocenters. The van der Waals surface area contributed by atoms with Crippen molar-refractivity contribution in [3.05, 3.63) is 53.6 Å². The number of nitrogens with zero attached hydrogens (tertiary/aromatic N) is 2. The second-order valence-electron chi connectivity index (χ2n) is 7.72. The Labute approximate surface area is 204 Å². The number of rotatable bonds is 8. The number of hydrogen-bond donors (Lipinski definition) is 1. The van der Waals surface area contributed by atoms with Crippen LogP contribution in [0, 0.1) is 0 Å². The molecule has 2 heterocycles. The minimum absolute atomic E-state index is 0.0158. The van der Waals surface area contributed by atoms with Gasteiger partial charge in [0.1, 0.15) is 11.0 Å². The third kappa shape index (κ3) is 6.46. The molecule has 1 N–H and O–H groups in total. The first-order valence-electron chi connectivity index (χ1n) is 10.7. The molecule has 2 fully saturated rings. The topological polar surface area (TPSA) is 80.2 Å². The Morgan fingerprint density at radius 3 is 2.62 bits per heavy atom. The largest absolute Gasteiger partial charge is 0.435 e. The van der Waals surface area contributed by atoms with Gasteiger partial charge in [-0.1, -0.05) is 23.4 Å². The molecule has 0 bridgehead atoms. The summed E-state index contributed by atoms with van der Waals surface area (Å²) in [6.45, 7) is -1.93. The molecule has 0 spiro atoms. The van der Waals surface area contributed by atoms with E-state index in [4.69, 9.17) is 16.3 Å². The fourth-order valence-electron chi connectivity index (χ4n) is 3.61. The summed E-state index contributed by atoms with van der Waals surface area (Å²) in [5.74, 6) is -0.509. The number of carbonyl (C=O) groups excluding carboxylic acids is 2. The molecule has 0 aliphatic carbocycles. The van der Waals surface area contributed by atoms with E-state index in [0.29, 0.717) is 34.7 Å². The number of hydrogen-bond acceptors (Lipinski definition) is 6. The summed E-state index contributed by atoms with van der Waals surface area (Å²) in [4.78, 5) is 31.8. The third-order valence-corrected chi connectivity index (χ3v) is 6.64.